The molecule has 0 fully saturated rings. The van der Waals surface area contributed by atoms with Gasteiger partial charge in [-0.3, -0.25) is 4.79 Å². The van der Waals surface area contributed by atoms with Crippen molar-refractivity contribution < 1.29 is 9.18 Å². The molecule has 0 saturated carbocycles. The van der Waals surface area contributed by atoms with Gasteiger partial charge >= 0.3 is 0 Å². The van der Waals surface area contributed by atoms with Gasteiger partial charge in [0, 0.05) is 18.2 Å². The van der Waals surface area contributed by atoms with Crippen molar-refractivity contribution in [3.63, 3.8) is 0 Å². The highest BCUT2D eigenvalue weighted by atomic mass is 35.5. The Morgan fingerprint density at radius 3 is 2.64 bits per heavy atom. The van der Waals surface area contributed by atoms with Crippen molar-refractivity contribution in [2.75, 3.05) is 5.32 Å². The molecule has 2 N–H and O–H groups in total. The van der Waals surface area contributed by atoms with Crippen LogP contribution >= 0.6 is 11.6 Å². The van der Waals surface area contributed by atoms with Gasteiger partial charge < -0.3 is 10.6 Å². The summed E-state index contributed by atoms with van der Waals surface area (Å²) in [6.07, 6.45) is 1.27. The van der Waals surface area contributed by atoms with Gasteiger partial charge in [-0.05, 0) is 18.2 Å². The molecule has 25 heavy (non-hydrogen) atoms. The monoisotopic (exact) mass is 356 g/mol. The molecule has 3 aromatic rings. The molecule has 2 aromatic carbocycles. The second kappa shape index (κ2) is 7.72. The summed E-state index contributed by atoms with van der Waals surface area (Å²) in [7, 11) is 0. The van der Waals surface area contributed by atoms with E-state index >= 15 is 0 Å². The van der Waals surface area contributed by atoms with Crippen LogP contribution < -0.4 is 10.6 Å². The molecule has 126 valence electrons. The molecule has 1 heterocycles. The maximum absolute atomic E-state index is 13.6. The Kier molecular flexibility index (Phi) is 5.20. The van der Waals surface area contributed by atoms with Crippen molar-refractivity contribution in [2.24, 2.45) is 0 Å². The molecule has 5 nitrogen and oxygen atoms in total. The highest BCUT2D eigenvalue weighted by Gasteiger charge is 2.10. The van der Waals surface area contributed by atoms with E-state index in [0.29, 0.717) is 22.1 Å². The van der Waals surface area contributed by atoms with Crippen LogP contribution in [0.25, 0.3) is 0 Å². The van der Waals surface area contributed by atoms with Crippen LogP contribution in [0.1, 0.15) is 16.1 Å². The van der Waals surface area contributed by atoms with Crippen LogP contribution in [0.4, 0.5) is 15.9 Å². The number of nitrogens with zero attached hydrogens (tertiary/aromatic N) is 2. The number of para-hydroxylation sites is 1. The number of amides is 1. The van der Waals surface area contributed by atoms with E-state index in [4.69, 9.17) is 11.6 Å². The molecule has 0 atom stereocenters. The molecule has 1 aromatic heterocycles. The van der Waals surface area contributed by atoms with Crippen LogP contribution in [0.5, 0.6) is 0 Å². The summed E-state index contributed by atoms with van der Waals surface area (Å²) >= 11 is 6.09. The van der Waals surface area contributed by atoms with Gasteiger partial charge in [-0.15, -0.1) is 0 Å². The molecule has 0 aliphatic heterocycles. The summed E-state index contributed by atoms with van der Waals surface area (Å²) in [6.45, 7) is 0.0722. The highest BCUT2D eigenvalue weighted by Crippen LogP contribution is 2.23. The van der Waals surface area contributed by atoms with E-state index in [1.165, 1.54) is 18.5 Å². The number of hydrogen-bond acceptors (Lipinski definition) is 4. The van der Waals surface area contributed by atoms with E-state index in [0.717, 1.165) is 0 Å². The first-order chi connectivity index (χ1) is 12.1. The SMILES string of the molecule is O=C(NCc1ccccc1F)c1cc(Nc2ccccc2Cl)ncn1. The molecule has 0 aliphatic rings. The van der Waals surface area contributed by atoms with Gasteiger partial charge in [-0.2, -0.15) is 0 Å². The Morgan fingerprint density at radius 1 is 1.08 bits per heavy atom. The van der Waals surface area contributed by atoms with Crippen LogP contribution in [-0.2, 0) is 6.54 Å². The molecular formula is C18H14ClFN4O. The molecule has 3 rings (SSSR count). The number of benzene rings is 2. The Labute approximate surface area is 148 Å². The fourth-order valence-corrected chi connectivity index (χ4v) is 2.34. The molecular weight excluding hydrogens is 343 g/mol. The standard InChI is InChI=1S/C18H14ClFN4O/c19-13-6-2-4-8-15(13)24-17-9-16(22-11-23-17)18(25)21-10-12-5-1-3-7-14(12)20/h1-9,11H,10H2,(H,21,25)(H,22,23,24). The quantitative estimate of drug-likeness (QED) is 0.726. The van der Waals surface area contributed by atoms with Crippen LogP contribution in [0.2, 0.25) is 5.02 Å². The number of nitrogens with one attached hydrogen (secondary N) is 2. The zero-order valence-electron chi connectivity index (χ0n) is 13.0. The van der Waals surface area contributed by atoms with Crippen molar-refractivity contribution in [3.8, 4) is 0 Å². The first-order valence-corrected chi connectivity index (χ1v) is 7.86. The topological polar surface area (TPSA) is 66.9 Å². The second-order valence-electron chi connectivity index (χ2n) is 5.17. The van der Waals surface area contributed by atoms with Gasteiger partial charge in [0.15, 0.2) is 0 Å². The third kappa shape index (κ3) is 4.30. The lowest BCUT2D eigenvalue weighted by molar-refractivity contribution is 0.0945. The van der Waals surface area contributed by atoms with Crippen molar-refractivity contribution in [1.29, 1.82) is 0 Å². The maximum atomic E-state index is 13.6. The summed E-state index contributed by atoms with van der Waals surface area (Å²) in [5, 5.41) is 6.20. The zero-order chi connectivity index (χ0) is 17.6. The smallest absolute Gasteiger partial charge is 0.270 e. The number of carbonyl (C=O) groups excluding carboxylic acids is 1. The summed E-state index contributed by atoms with van der Waals surface area (Å²) in [5.74, 6) is -0.362. The largest absolute Gasteiger partial charge is 0.347 e. The number of halogens is 2. The molecule has 0 radical (unpaired) electrons. The van der Waals surface area contributed by atoms with Gasteiger partial charge in [0.05, 0.1) is 10.7 Å². The maximum Gasteiger partial charge on any atom is 0.270 e. The first kappa shape index (κ1) is 16.9. The Morgan fingerprint density at radius 2 is 1.84 bits per heavy atom. The number of rotatable bonds is 5. The van der Waals surface area contributed by atoms with Gasteiger partial charge in [0.2, 0.25) is 0 Å². The van der Waals surface area contributed by atoms with Gasteiger partial charge in [-0.25, -0.2) is 14.4 Å². The molecule has 0 spiro atoms. The summed E-state index contributed by atoms with van der Waals surface area (Å²) in [5.41, 5.74) is 1.24. The number of anilines is 2. The van der Waals surface area contributed by atoms with Crippen molar-refractivity contribution in [1.82, 2.24) is 15.3 Å². The predicted molar refractivity (Wildman–Crippen MR) is 94.3 cm³/mol. The van der Waals surface area contributed by atoms with Crippen molar-refractivity contribution >= 4 is 29.0 Å². The third-order valence-corrected chi connectivity index (χ3v) is 3.76. The van der Waals surface area contributed by atoms with Crippen LogP contribution in [0.15, 0.2) is 60.9 Å². The van der Waals surface area contributed by atoms with E-state index in [9.17, 15) is 9.18 Å². The normalized spacial score (nSPS) is 10.3. The predicted octanol–water partition coefficient (Wildman–Crippen LogP) is 3.94. The molecule has 0 aliphatic carbocycles. The number of carbonyl (C=O) groups is 1. The zero-order valence-corrected chi connectivity index (χ0v) is 13.8. The summed E-state index contributed by atoms with van der Waals surface area (Å²) in [4.78, 5) is 20.2. The first-order valence-electron chi connectivity index (χ1n) is 7.48. The summed E-state index contributed by atoms with van der Waals surface area (Å²) < 4.78 is 13.6. The van der Waals surface area contributed by atoms with E-state index < -0.39 is 5.91 Å². The number of hydrogen-bond donors (Lipinski definition) is 2. The lowest BCUT2D eigenvalue weighted by Gasteiger charge is -2.09. The van der Waals surface area contributed by atoms with Gasteiger partial charge in [0.25, 0.3) is 5.91 Å². The minimum atomic E-state index is -0.423. The minimum Gasteiger partial charge on any atom is -0.347 e. The van der Waals surface area contributed by atoms with Crippen molar-refractivity contribution in [2.45, 2.75) is 6.54 Å². The number of aromatic nitrogens is 2. The van der Waals surface area contributed by atoms with Gasteiger partial charge in [0.1, 0.15) is 23.7 Å². The Bertz CT molecular complexity index is 904. The average Bonchev–Trinajstić information content (AvgIpc) is 2.63. The molecule has 0 unspecified atom stereocenters. The third-order valence-electron chi connectivity index (χ3n) is 3.43. The van der Waals surface area contributed by atoms with E-state index in [2.05, 4.69) is 20.6 Å². The summed E-state index contributed by atoms with van der Waals surface area (Å²) in [6, 6.07) is 14.9. The van der Waals surface area contributed by atoms with Crippen LogP contribution in [0, 0.1) is 5.82 Å². The second-order valence-corrected chi connectivity index (χ2v) is 5.57. The van der Waals surface area contributed by atoms with Gasteiger partial charge in [-0.1, -0.05) is 41.9 Å². The van der Waals surface area contributed by atoms with E-state index in [-0.39, 0.29) is 18.1 Å². The van der Waals surface area contributed by atoms with E-state index in [1.54, 1.807) is 30.3 Å². The fraction of sp³-hybridized carbons (Fsp3) is 0.0556. The average molecular weight is 357 g/mol. The molecule has 7 heteroatoms. The lowest BCUT2D eigenvalue weighted by atomic mass is 10.2. The minimum absolute atomic E-state index is 0.0722. The molecule has 0 saturated heterocycles. The van der Waals surface area contributed by atoms with E-state index in [1.807, 2.05) is 12.1 Å². The Balaban J connectivity index is 1.69. The van der Waals surface area contributed by atoms with Crippen LogP contribution in [-0.4, -0.2) is 15.9 Å². The Hall–Kier alpha value is -2.99. The molecule has 1 amide bonds. The molecule has 0 bridgehead atoms. The van der Waals surface area contributed by atoms with Crippen molar-refractivity contribution in [3.05, 3.63) is 83.0 Å². The van der Waals surface area contributed by atoms with Crippen LogP contribution in [0.3, 0.4) is 0 Å². The highest BCUT2D eigenvalue weighted by molar-refractivity contribution is 6.33. The fourth-order valence-electron chi connectivity index (χ4n) is 2.16. The lowest BCUT2D eigenvalue weighted by Crippen LogP contribution is -2.24.